The molecule has 0 aliphatic rings. The predicted molar refractivity (Wildman–Crippen MR) is 77.4 cm³/mol. The van der Waals surface area contributed by atoms with Gasteiger partial charge in [-0.3, -0.25) is 4.90 Å². The van der Waals surface area contributed by atoms with Crippen molar-refractivity contribution in [2.75, 3.05) is 19.7 Å². The van der Waals surface area contributed by atoms with Gasteiger partial charge in [0, 0.05) is 17.5 Å². The van der Waals surface area contributed by atoms with Crippen molar-refractivity contribution >= 4 is 27.3 Å². The number of nitrogens with zero attached hydrogens (tertiary/aromatic N) is 1. The normalized spacial score (nSPS) is 15.2. The number of thiophene rings is 1. The van der Waals surface area contributed by atoms with Crippen LogP contribution in [-0.4, -0.2) is 35.7 Å². The van der Waals surface area contributed by atoms with Crippen molar-refractivity contribution in [1.29, 1.82) is 0 Å². The van der Waals surface area contributed by atoms with Gasteiger partial charge in [-0.1, -0.05) is 13.8 Å². The topological polar surface area (TPSA) is 49.5 Å². The van der Waals surface area contributed by atoms with Crippen LogP contribution < -0.4 is 5.73 Å². The fourth-order valence-corrected chi connectivity index (χ4v) is 3.63. The lowest BCUT2D eigenvalue weighted by molar-refractivity contribution is 0.140. The van der Waals surface area contributed by atoms with E-state index in [1.807, 2.05) is 0 Å². The zero-order valence-corrected chi connectivity index (χ0v) is 12.8. The Bertz CT molecular complexity index is 332. The van der Waals surface area contributed by atoms with Crippen LogP contribution in [0.5, 0.6) is 0 Å². The van der Waals surface area contributed by atoms with Gasteiger partial charge in [0.15, 0.2) is 0 Å². The maximum Gasteiger partial charge on any atom is 0.0702 e. The smallest absolute Gasteiger partial charge is 0.0702 e. The van der Waals surface area contributed by atoms with E-state index in [9.17, 15) is 0 Å². The second-order valence-corrected chi connectivity index (χ2v) is 6.51. The van der Waals surface area contributed by atoms with Gasteiger partial charge in [-0.05, 0) is 41.0 Å². The standard InChI is InChI=1S/C12H21BrN2OS/c1-3-9(14)12(15(4-2)7-8-16)10-5-6-11(13)17-10/h5-6,9,12,16H,3-4,7-8,14H2,1-2H3. The highest BCUT2D eigenvalue weighted by molar-refractivity contribution is 9.11. The molecule has 0 fully saturated rings. The van der Waals surface area contributed by atoms with E-state index >= 15 is 0 Å². The van der Waals surface area contributed by atoms with E-state index in [0.717, 1.165) is 16.8 Å². The quantitative estimate of drug-likeness (QED) is 0.812. The van der Waals surface area contributed by atoms with Crippen LogP contribution in [-0.2, 0) is 0 Å². The average Bonchev–Trinajstić information content (AvgIpc) is 2.74. The highest BCUT2D eigenvalue weighted by atomic mass is 79.9. The number of aliphatic hydroxyl groups is 1. The molecule has 0 aliphatic carbocycles. The minimum atomic E-state index is 0.104. The number of hydrogen-bond acceptors (Lipinski definition) is 4. The lowest BCUT2D eigenvalue weighted by Crippen LogP contribution is -2.41. The molecule has 0 radical (unpaired) electrons. The first-order chi connectivity index (χ1) is 8.13. The fourth-order valence-electron chi connectivity index (χ4n) is 1.99. The van der Waals surface area contributed by atoms with Crippen molar-refractivity contribution in [1.82, 2.24) is 4.90 Å². The second kappa shape index (κ2) is 7.48. The van der Waals surface area contributed by atoms with Crippen molar-refractivity contribution < 1.29 is 5.11 Å². The summed E-state index contributed by atoms with van der Waals surface area (Å²) >= 11 is 5.21. The van der Waals surface area contributed by atoms with Crippen LogP contribution >= 0.6 is 27.3 Å². The summed E-state index contributed by atoms with van der Waals surface area (Å²) in [6.07, 6.45) is 0.933. The highest BCUT2D eigenvalue weighted by Gasteiger charge is 2.25. The van der Waals surface area contributed by atoms with Crippen molar-refractivity contribution in [2.24, 2.45) is 5.73 Å². The van der Waals surface area contributed by atoms with Gasteiger partial charge in [0.2, 0.25) is 0 Å². The van der Waals surface area contributed by atoms with E-state index < -0.39 is 0 Å². The Hall–Kier alpha value is 0.0600. The Labute approximate surface area is 116 Å². The molecule has 0 aromatic carbocycles. The SMILES string of the molecule is CCC(N)C(c1ccc(Br)s1)N(CC)CCO. The van der Waals surface area contributed by atoms with Crippen molar-refractivity contribution in [3.63, 3.8) is 0 Å². The number of aliphatic hydroxyl groups excluding tert-OH is 1. The van der Waals surface area contributed by atoms with E-state index in [2.05, 4.69) is 46.8 Å². The summed E-state index contributed by atoms with van der Waals surface area (Å²) < 4.78 is 1.13. The number of nitrogens with two attached hydrogens (primary N) is 1. The molecular weight excluding hydrogens is 300 g/mol. The lowest BCUT2D eigenvalue weighted by Gasteiger charge is -2.33. The lowest BCUT2D eigenvalue weighted by atomic mass is 10.0. The Morgan fingerprint density at radius 1 is 1.47 bits per heavy atom. The molecule has 2 unspecified atom stereocenters. The Kier molecular flexibility index (Phi) is 6.66. The molecule has 1 heterocycles. The van der Waals surface area contributed by atoms with Gasteiger partial charge in [-0.2, -0.15) is 0 Å². The Morgan fingerprint density at radius 2 is 2.18 bits per heavy atom. The third-order valence-electron chi connectivity index (χ3n) is 2.95. The molecule has 1 aromatic rings. The summed E-state index contributed by atoms with van der Waals surface area (Å²) in [5.74, 6) is 0. The Morgan fingerprint density at radius 3 is 2.59 bits per heavy atom. The third-order valence-corrected chi connectivity index (χ3v) is 4.64. The molecular formula is C12H21BrN2OS. The van der Waals surface area contributed by atoms with Crippen LogP contribution in [0.1, 0.15) is 31.2 Å². The maximum atomic E-state index is 9.13. The first kappa shape index (κ1) is 15.1. The summed E-state index contributed by atoms with van der Waals surface area (Å²) in [5.41, 5.74) is 6.23. The molecule has 3 N–H and O–H groups in total. The molecule has 1 aromatic heterocycles. The van der Waals surface area contributed by atoms with Crippen LogP contribution in [0.3, 0.4) is 0 Å². The van der Waals surface area contributed by atoms with Gasteiger partial charge < -0.3 is 10.8 Å². The van der Waals surface area contributed by atoms with Gasteiger partial charge in [-0.15, -0.1) is 11.3 Å². The number of halogens is 1. The van der Waals surface area contributed by atoms with Crippen LogP contribution in [0.15, 0.2) is 15.9 Å². The largest absolute Gasteiger partial charge is 0.395 e. The van der Waals surface area contributed by atoms with Gasteiger partial charge in [0.25, 0.3) is 0 Å². The summed E-state index contributed by atoms with van der Waals surface area (Å²) in [5, 5.41) is 9.13. The molecule has 2 atom stereocenters. The summed E-state index contributed by atoms with van der Waals surface area (Å²) in [4.78, 5) is 3.51. The van der Waals surface area contributed by atoms with Gasteiger partial charge >= 0.3 is 0 Å². The minimum Gasteiger partial charge on any atom is -0.395 e. The molecule has 5 heteroatoms. The number of likely N-dealkylation sites (N-methyl/N-ethyl adjacent to an activating group) is 1. The zero-order valence-electron chi connectivity index (χ0n) is 10.4. The van der Waals surface area contributed by atoms with Crippen LogP contribution in [0.2, 0.25) is 0 Å². The van der Waals surface area contributed by atoms with Crippen LogP contribution in [0.4, 0.5) is 0 Å². The summed E-state index contributed by atoms with van der Waals surface area (Å²) in [7, 11) is 0. The van der Waals surface area contributed by atoms with Crippen molar-refractivity contribution in [3.05, 3.63) is 20.8 Å². The molecule has 0 amide bonds. The molecule has 1 rings (SSSR count). The first-order valence-corrected chi connectivity index (χ1v) is 7.60. The van der Waals surface area contributed by atoms with Gasteiger partial charge in [0.1, 0.15) is 0 Å². The molecule has 17 heavy (non-hydrogen) atoms. The second-order valence-electron chi connectivity index (χ2n) is 4.01. The minimum absolute atomic E-state index is 0.104. The molecule has 98 valence electrons. The third kappa shape index (κ3) is 4.03. The number of hydrogen-bond donors (Lipinski definition) is 2. The zero-order chi connectivity index (χ0) is 12.8. The van der Waals surface area contributed by atoms with E-state index in [1.165, 1.54) is 4.88 Å². The predicted octanol–water partition coefficient (Wildman–Crippen LogP) is 2.60. The van der Waals surface area contributed by atoms with Gasteiger partial charge in [-0.25, -0.2) is 0 Å². The van der Waals surface area contributed by atoms with E-state index in [-0.39, 0.29) is 18.7 Å². The molecule has 0 bridgehead atoms. The average molecular weight is 321 g/mol. The summed E-state index contributed by atoms with van der Waals surface area (Å²) in [6, 6.07) is 4.48. The summed E-state index contributed by atoms with van der Waals surface area (Å²) in [6.45, 7) is 5.95. The van der Waals surface area contributed by atoms with E-state index in [0.29, 0.717) is 6.54 Å². The highest BCUT2D eigenvalue weighted by Crippen LogP contribution is 2.33. The molecule has 0 saturated carbocycles. The number of rotatable bonds is 7. The molecule has 3 nitrogen and oxygen atoms in total. The van der Waals surface area contributed by atoms with E-state index in [1.54, 1.807) is 11.3 Å². The van der Waals surface area contributed by atoms with E-state index in [4.69, 9.17) is 10.8 Å². The van der Waals surface area contributed by atoms with Crippen molar-refractivity contribution in [3.8, 4) is 0 Å². The van der Waals surface area contributed by atoms with Crippen LogP contribution in [0, 0.1) is 0 Å². The maximum absolute atomic E-state index is 9.13. The monoisotopic (exact) mass is 320 g/mol. The van der Waals surface area contributed by atoms with Crippen molar-refractivity contribution in [2.45, 2.75) is 32.4 Å². The van der Waals surface area contributed by atoms with Crippen LogP contribution in [0.25, 0.3) is 0 Å². The molecule has 0 spiro atoms. The van der Waals surface area contributed by atoms with Gasteiger partial charge in [0.05, 0.1) is 16.4 Å². The molecule has 0 aliphatic heterocycles. The fraction of sp³-hybridized carbons (Fsp3) is 0.667. The first-order valence-electron chi connectivity index (χ1n) is 5.99. The Balaban J connectivity index is 2.93. The molecule has 0 saturated heterocycles.